The number of para-hydroxylation sites is 1. The third-order valence-corrected chi connectivity index (χ3v) is 6.16. The van der Waals surface area contributed by atoms with Gasteiger partial charge in [-0.15, -0.1) is 0 Å². The second-order valence-electron chi connectivity index (χ2n) is 8.29. The van der Waals surface area contributed by atoms with E-state index in [2.05, 4.69) is 15.3 Å². The maximum atomic E-state index is 13.5. The number of rotatable bonds is 8. The number of furan rings is 1. The largest absolute Gasteiger partial charge is 0.497 e. The highest BCUT2D eigenvalue weighted by atomic mass is 16.5. The number of nitrogens with one attached hydrogen (secondary N) is 1. The topological polar surface area (TPSA) is 81.8 Å². The minimum absolute atomic E-state index is 0.00592. The second kappa shape index (κ2) is 10.6. The predicted octanol–water partition coefficient (Wildman–Crippen LogP) is 3.94. The van der Waals surface area contributed by atoms with Crippen molar-refractivity contribution in [3.63, 3.8) is 0 Å². The Morgan fingerprint density at radius 2 is 1.83 bits per heavy atom. The van der Waals surface area contributed by atoms with Crippen molar-refractivity contribution in [1.29, 1.82) is 0 Å². The van der Waals surface area contributed by atoms with Crippen LogP contribution in [0.4, 0.5) is 0 Å². The van der Waals surface area contributed by atoms with Gasteiger partial charge in [-0.2, -0.15) is 5.10 Å². The molecule has 1 aliphatic rings. The highest BCUT2D eigenvalue weighted by Crippen LogP contribution is 2.25. The van der Waals surface area contributed by atoms with Gasteiger partial charge in [-0.25, -0.2) is 4.68 Å². The highest BCUT2D eigenvalue weighted by Gasteiger charge is 2.25. The Morgan fingerprint density at radius 1 is 1.06 bits per heavy atom. The summed E-state index contributed by atoms with van der Waals surface area (Å²) in [4.78, 5) is 15.8. The van der Waals surface area contributed by atoms with E-state index >= 15 is 0 Å². The molecule has 1 atom stereocenters. The van der Waals surface area contributed by atoms with E-state index in [9.17, 15) is 4.79 Å². The summed E-state index contributed by atoms with van der Waals surface area (Å²) < 4.78 is 18.0. The molecule has 1 aliphatic heterocycles. The molecule has 2 aromatic heterocycles. The zero-order valence-electron chi connectivity index (χ0n) is 19.6. The molecular formula is C27H28N4O4. The van der Waals surface area contributed by atoms with Gasteiger partial charge in [-0.1, -0.05) is 30.3 Å². The fourth-order valence-corrected chi connectivity index (χ4v) is 4.31. The molecule has 1 N–H and O–H groups in total. The molecule has 0 spiro atoms. The normalized spacial score (nSPS) is 15.0. The lowest BCUT2D eigenvalue weighted by atomic mass is 10.0. The van der Waals surface area contributed by atoms with E-state index in [1.165, 1.54) is 0 Å². The molecule has 1 unspecified atom stereocenters. The number of hydrogen-bond acceptors (Lipinski definition) is 6. The Bertz CT molecular complexity index is 1230. The molecule has 35 heavy (non-hydrogen) atoms. The van der Waals surface area contributed by atoms with Crippen molar-refractivity contribution in [2.75, 3.05) is 40.0 Å². The molecule has 8 nitrogen and oxygen atoms in total. The molecular weight excluding hydrogens is 444 g/mol. The van der Waals surface area contributed by atoms with E-state index in [4.69, 9.17) is 13.9 Å². The number of methoxy groups -OCH3 is 1. The Morgan fingerprint density at radius 3 is 2.51 bits per heavy atom. The SMILES string of the molecule is COc1ccc(C(CNC(=O)c2cc(-c3ccco3)nn2-c2ccccc2)N2CCOCC2)cc1. The van der Waals surface area contributed by atoms with Crippen LogP contribution in [-0.2, 0) is 4.74 Å². The molecule has 1 saturated heterocycles. The number of aromatic nitrogens is 2. The van der Waals surface area contributed by atoms with Gasteiger partial charge in [0.1, 0.15) is 17.1 Å². The Labute approximate surface area is 204 Å². The second-order valence-corrected chi connectivity index (χ2v) is 8.29. The molecule has 0 aliphatic carbocycles. The zero-order chi connectivity index (χ0) is 24.0. The van der Waals surface area contributed by atoms with Gasteiger partial charge < -0.3 is 19.2 Å². The number of morpholine rings is 1. The van der Waals surface area contributed by atoms with Crippen LogP contribution in [0.5, 0.6) is 5.75 Å². The van der Waals surface area contributed by atoms with Gasteiger partial charge in [-0.3, -0.25) is 9.69 Å². The fourth-order valence-electron chi connectivity index (χ4n) is 4.31. The van der Waals surface area contributed by atoms with Gasteiger partial charge in [0.2, 0.25) is 0 Å². The van der Waals surface area contributed by atoms with Crippen LogP contribution in [0.3, 0.4) is 0 Å². The third kappa shape index (κ3) is 5.13. The van der Waals surface area contributed by atoms with Crippen LogP contribution >= 0.6 is 0 Å². The number of ether oxygens (including phenoxy) is 2. The first-order valence-corrected chi connectivity index (χ1v) is 11.7. The summed E-state index contributed by atoms with van der Waals surface area (Å²) >= 11 is 0. The zero-order valence-corrected chi connectivity index (χ0v) is 19.6. The maximum absolute atomic E-state index is 13.5. The van der Waals surface area contributed by atoms with Crippen molar-refractivity contribution >= 4 is 5.91 Å². The van der Waals surface area contributed by atoms with E-state index in [1.807, 2.05) is 60.7 Å². The number of benzene rings is 2. The standard InChI is InChI=1S/C27H28N4O4/c1-33-22-11-9-20(10-12-22)25(30-13-16-34-17-14-30)19-28-27(32)24-18-23(26-8-5-15-35-26)29-31(24)21-6-3-2-4-7-21/h2-12,15,18,25H,13-14,16-17,19H2,1H3,(H,28,32). The van der Waals surface area contributed by atoms with E-state index in [1.54, 1.807) is 30.2 Å². The minimum Gasteiger partial charge on any atom is -0.497 e. The van der Waals surface area contributed by atoms with Gasteiger partial charge in [0, 0.05) is 25.7 Å². The first kappa shape index (κ1) is 22.9. The monoisotopic (exact) mass is 472 g/mol. The van der Waals surface area contributed by atoms with Crippen molar-refractivity contribution in [2.45, 2.75) is 6.04 Å². The Balaban J connectivity index is 1.41. The maximum Gasteiger partial charge on any atom is 0.270 e. The molecule has 3 heterocycles. The molecule has 180 valence electrons. The Hall–Kier alpha value is -3.88. The number of hydrogen-bond donors (Lipinski definition) is 1. The summed E-state index contributed by atoms with van der Waals surface area (Å²) in [5, 5.41) is 7.81. The molecule has 0 radical (unpaired) electrons. The molecule has 2 aromatic carbocycles. The van der Waals surface area contributed by atoms with Gasteiger partial charge in [0.25, 0.3) is 5.91 Å². The van der Waals surface area contributed by atoms with Crippen LogP contribution in [0.2, 0.25) is 0 Å². The number of carbonyl (C=O) groups is 1. The lowest BCUT2D eigenvalue weighted by Crippen LogP contribution is -2.44. The van der Waals surface area contributed by atoms with Gasteiger partial charge in [0.15, 0.2) is 5.76 Å². The first-order valence-electron chi connectivity index (χ1n) is 11.7. The van der Waals surface area contributed by atoms with Crippen molar-refractivity contribution in [2.24, 2.45) is 0 Å². The summed E-state index contributed by atoms with van der Waals surface area (Å²) in [6, 6.07) is 23.0. The molecule has 0 bridgehead atoms. The smallest absolute Gasteiger partial charge is 0.270 e. The van der Waals surface area contributed by atoms with Crippen molar-refractivity contribution in [1.82, 2.24) is 20.0 Å². The van der Waals surface area contributed by atoms with E-state index in [0.29, 0.717) is 36.9 Å². The summed E-state index contributed by atoms with van der Waals surface area (Å²) in [6.07, 6.45) is 1.60. The van der Waals surface area contributed by atoms with Crippen LogP contribution in [0.15, 0.2) is 83.5 Å². The predicted molar refractivity (Wildman–Crippen MR) is 132 cm³/mol. The van der Waals surface area contributed by atoms with Gasteiger partial charge >= 0.3 is 0 Å². The summed E-state index contributed by atoms with van der Waals surface area (Å²) in [7, 11) is 1.65. The highest BCUT2D eigenvalue weighted by molar-refractivity contribution is 5.94. The van der Waals surface area contributed by atoms with E-state index in [-0.39, 0.29) is 11.9 Å². The average molecular weight is 473 g/mol. The molecule has 4 aromatic rings. The first-order chi connectivity index (χ1) is 17.2. The molecule has 1 fully saturated rings. The van der Waals surface area contributed by atoms with Gasteiger partial charge in [-0.05, 0) is 42.0 Å². The molecule has 1 amide bonds. The summed E-state index contributed by atoms with van der Waals surface area (Å²) in [6.45, 7) is 3.40. The number of nitrogens with zero attached hydrogens (tertiary/aromatic N) is 3. The van der Waals surface area contributed by atoms with E-state index < -0.39 is 0 Å². The lowest BCUT2D eigenvalue weighted by molar-refractivity contribution is 0.0162. The van der Waals surface area contributed by atoms with E-state index in [0.717, 1.165) is 30.1 Å². The quantitative estimate of drug-likeness (QED) is 0.418. The van der Waals surface area contributed by atoms with Gasteiger partial charge in [0.05, 0.1) is 38.3 Å². The minimum atomic E-state index is -0.203. The molecule has 8 heteroatoms. The summed E-state index contributed by atoms with van der Waals surface area (Å²) in [5.74, 6) is 1.21. The lowest BCUT2D eigenvalue weighted by Gasteiger charge is -2.35. The van der Waals surface area contributed by atoms with Crippen LogP contribution in [0.25, 0.3) is 17.1 Å². The Kier molecular flexibility index (Phi) is 6.92. The van der Waals surface area contributed by atoms with Crippen LogP contribution in [-0.4, -0.2) is 60.5 Å². The van der Waals surface area contributed by atoms with Crippen molar-refractivity contribution < 1.29 is 18.7 Å². The average Bonchev–Trinajstić information content (AvgIpc) is 3.61. The van der Waals surface area contributed by atoms with Crippen LogP contribution in [0.1, 0.15) is 22.1 Å². The third-order valence-electron chi connectivity index (χ3n) is 6.16. The molecule has 5 rings (SSSR count). The fraction of sp³-hybridized carbons (Fsp3) is 0.259. The summed E-state index contributed by atoms with van der Waals surface area (Å²) in [5.41, 5.74) is 2.96. The number of carbonyl (C=O) groups excluding carboxylic acids is 1. The molecule has 0 saturated carbocycles. The van der Waals surface area contributed by atoms with Crippen molar-refractivity contribution in [3.8, 4) is 22.9 Å². The van der Waals surface area contributed by atoms with Crippen LogP contribution < -0.4 is 10.1 Å². The van der Waals surface area contributed by atoms with Crippen LogP contribution in [0, 0.1) is 0 Å². The van der Waals surface area contributed by atoms with Crippen molar-refractivity contribution in [3.05, 3.63) is 90.3 Å². The number of amides is 1.